The molecule has 11 rings (SSSR count). The summed E-state index contributed by atoms with van der Waals surface area (Å²) in [6.45, 7) is 3.59. The van der Waals surface area contributed by atoms with Crippen LogP contribution in [0.15, 0.2) is 115 Å². The zero-order chi connectivity index (χ0) is 52.8. The number of benzene rings is 4. The molecule has 2 saturated heterocycles. The maximum atomic E-state index is 12.3. The first-order valence-corrected chi connectivity index (χ1v) is 27.1. The molecule has 1 aromatic heterocycles. The van der Waals surface area contributed by atoms with Crippen molar-refractivity contribution in [1.82, 2.24) is 20.3 Å². The minimum atomic E-state index is -0.930. The van der Waals surface area contributed by atoms with Crippen molar-refractivity contribution in [3.63, 3.8) is 0 Å². The van der Waals surface area contributed by atoms with Crippen LogP contribution < -0.4 is 5.48 Å². The number of aliphatic carboxylic acids is 2. The lowest BCUT2D eigenvalue weighted by atomic mass is 9.96. The number of aromatic amines is 1. The first-order valence-electron chi connectivity index (χ1n) is 26.7. The van der Waals surface area contributed by atoms with Gasteiger partial charge in [0.1, 0.15) is 19.3 Å². The van der Waals surface area contributed by atoms with Crippen molar-refractivity contribution in [2.45, 2.75) is 141 Å². The van der Waals surface area contributed by atoms with Crippen LogP contribution in [-0.4, -0.2) is 83.7 Å². The van der Waals surface area contributed by atoms with E-state index in [0.29, 0.717) is 24.4 Å². The fourth-order valence-electron chi connectivity index (χ4n) is 13.0. The van der Waals surface area contributed by atoms with Gasteiger partial charge in [-0.3, -0.25) is 24.6 Å². The van der Waals surface area contributed by atoms with E-state index >= 15 is 0 Å². The second kappa shape index (κ2) is 26.3. The Kier molecular flexibility index (Phi) is 19.2. The number of amides is 2. The Morgan fingerprint density at radius 3 is 1.85 bits per heavy atom. The molecule has 5 N–H and O–H groups in total. The number of carbonyl (C=O) groups excluding carboxylic acids is 3. The maximum Gasteiger partial charge on any atom is 0.411 e. The third-order valence-corrected chi connectivity index (χ3v) is 16.6. The van der Waals surface area contributed by atoms with Gasteiger partial charge in [-0.2, -0.15) is 0 Å². The lowest BCUT2D eigenvalue weighted by Crippen LogP contribution is -2.45. The van der Waals surface area contributed by atoms with E-state index in [0.717, 1.165) is 79.5 Å². The van der Waals surface area contributed by atoms with Gasteiger partial charge in [0, 0.05) is 58.9 Å². The molecule has 6 fully saturated rings. The predicted molar refractivity (Wildman–Crippen MR) is 287 cm³/mol. The number of hydrogen-bond donors (Lipinski definition) is 5. The summed E-state index contributed by atoms with van der Waals surface area (Å²) in [7, 11) is 0. The monoisotopic (exact) mass is 1040 g/mol. The SMILES string of the molecule is Cc1[nH]c2ccccc2c1C[C@H]1C[C@H]2CCC[C@H]2N1Cc1ccc(/C=C/C(=O)NO)cc1.O=C(Cl)OCc1ccccc1.O=C(O)C1C[C@H]2CCC[C@H]2C1.O=C(O)[C@H]1C[C@H]2CCC[C@H]2N1C(=O)OCc1ccccc1. The number of likely N-dealkylation sites (tertiary alicyclic amines) is 2. The number of aromatic nitrogens is 1. The van der Waals surface area contributed by atoms with E-state index in [1.807, 2.05) is 72.8 Å². The van der Waals surface area contributed by atoms with Gasteiger partial charge in [-0.25, -0.2) is 19.9 Å². The van der Waals surface area contributed by atoms with Crippen LogP contribution in [0.5, 0.6) is 0 Å². The summed E-state index contributed by atoms with van der Waals surface area (Å²) in [5, 5.41) is 28.1. The molecule has 14 nitrogen and oxygen atoms in total. The molecule has 4 aliphatic carbocycles. The molecule has 4 saturated carbocycles. The summed E-state index contributed by atoms with van der Waals surface area (Å²) in [5.41, 5.74) is 8.95. The van der Waals surface area contributed by atoms with Crippen LogP contribution in [0.3, 0.4) is 0 Å². The number of ether oxygens (including phenoxy) is 2. The van der Waals surface area contributed by atoms with Crippen LogP contribution in [0, 0.1) is 36.5 Å². The Bertz CT molecular complexity index is 2720. The Balaban J connectivity index is 0.000000148. The molecule has 5 aromatic rings. The Hall–Kier alpha value is -6.48. The molecular formula is C60H71ClN4O10. The van der Waals surface area contributed by atoms with Crippen molar-refractivity contribution in [3.05, 3.63) is 149 Å². The molecule has 4 aromatic carbocycles. The van der Waals surface area contributed by atoms with Crippen molar-refractivity contribution in [1.29, 1.82) is 0 Å². The third-order valence-electron chi connectivity index (χ3n) is 16.5. The standard InChI is InChI=1S/C27H31N3O2.C16H19NO4.C9H14O2.C8H7ClO2/c1-18-24(23-6-2-3-7-25(23)28-18)16-22-15-21-5-4-8-26(21)30(22)17-20-11-9-19(10-12-20)13-14-27(31)29-32;18-15(19)14-9-12-7-4-8-13(12)17(14)16(20)21-10-11-5-2-1-3-6-11;10-9(11)8-4-6-2-1-3-7(6)5-8;9-8(10)11-6-7-4-2-1-3-5-7/h2-3,6-7,9-14,21-22,26,28,32H,4-5,8,15-17H2,1H3,(H,29,31);1-3,5-6,12-14H,4,7-10H2,(H,18,19);6-8H,1-5H2,(H,10,11);1-5H,6H2/b14-13+;;;/t21-,22-,26-;12-,13-,14-;6-,7+,8?;/m11../s1. The zero-order valence-corrected chi connectivity index (χ0v) is 43.5. The van der Waals surface area contributed by atoms with E-state index in [1.165, 1.54) is 83.6 Å². The van der Waals surface area contributed by atoms with Gasteiger partial charge in [0.2, 0.25) is 0 Å². The van der Waals surface area contributed by atoms with E-state index in [-0.39, 0.29) is 25.2 Å². The van der Waals surface area contributed by atoms with Crippen LogP contribution >= 0.6 is 11.6 Å². The largest absolute Gasteiger partial charge is 0.481 e. The minimum absolute atomic E-state index is 0.00898. The number of fused-ring (bicyclic) bond motifs is 4. The smallest absolute Gasteiger partial charge is 0.411 e. The summed E-state index contributed by atoms with van der Waals surface area (Å²) in [6, 6.07) is 36.4. The molecule has 0 spiro atoms. The highest BCUT2D eigenvalue weighted by molar-refractivity contribution is 6.61. The molecule has 9 atom stereocenters. The van der Waals surface area contributed by atoms with Gasteiger partial charge < -0.3 is 24.7 Å². The molecule has 398 valence electrons. The highest BCUT2D eigenvalue weighted by atomic mass is 35.5. The molecule has 2 aliphatic heterocycles. The molecular weight excluding hydrogens is 972 g/mol. The number of para-hydroxylation sites is 1. The summed E-state index contributed by atoms with van der Waals surface area (Å²) >= 11 is 4.97. The minimum Gasteiger partial charge on any atom is -0.481 e. The Morgan fingerprint density at radius 2 is 1.24 bits per heavy atom. The number of hydroxylamine groups is 1. The number of aryl methyl sites for hydroxylation is 1. The van der Waals surface area contributed by atoms with E-state index < -0.39 is 35.4 Å². The number of halogens is 1. The Labute approximate surface area is 444 Å². The first kappa shape index (κ1) is 54.8. The zero-order valence-electron chi connectivity index (χ0n) is 42.7. The van der Waals surface area contributed by atoms with E-state index in [1.54, 1.807) is 11.6 Å². The predicted octanol–water partition coefficient (Wildman–Crippen LogP) is 12.1. The van der Waals surface area contributed by atoms with Crippen molar-refractivity contribution in [2.24, 2.45) is 29.6 Å². The number of carboxylic acids is 2. The van der Waals surface area contributed by atoms with Crippen molar-refractivity contribution in [3.8, 4) is 0 Å². The molecule has 1 unspecified atom stereocenters. The Morgan fingerprint density at radius 1 is 0.667 bits per heavy atom. The average molecular weight is 1040 g/mol. The van der Waals surface area contributed by atoms with Crippen LogP contribution in [0.4, 0.5) is 9.59 Å². The van der Waals surface area contributed by atoms with Gasteiger partial charge >= 0.3 is 23.5 Å². The molecule has 6 aliphatic rings. The average Bonchev–Trinajstić information content (AvgIpc) is 4.30. The molecule has 75 heavy (non-hydrogen) atoms. The quantitative estimate of drug-likeness (QED) is 0.0345. The molecule has 15 heteroatoms. The molecule has 0 bridgehead atoms. The molecule has 3 heterocycles. The van der Waals surface area contributed by atoms with Gasteiger partial charge in [0.05, 0.1) is 5.92 Å². The van der Waals surface area contributed by atoms with Gasteiger partial charge in [-0.15, -0.1) is 0 Å². The molecule has 0 radical (unpaired) electrons. The van der Waals surface area contributed by atoms with Gasteiger partial charge in [-0.05, 0) is 128 Å². The third kappa shape index (κ3) is 14.5. The fourth-order valence-corrected chi connectivity index (χ4v) is 13.0. The van der Waals surface area contributed by atoms with Gasteiger partial charge in [-0.1, -0.05) is 135 Å². The number of carbonyl (C=O) groups is 5. The van der Waals surface area contributed by atoms with E-state index in [9.17, 15) is 29.1 Å². The normalized spacial score (nSPS) is 25.2. The summed E-state index contributed by atoms with van der Waals surface area (Å²) < 4.78 is 9.88. The first-order chi connectivity index (χ1) is 36.3. The van der Waals surface area contributed by atoms with Crippen LogP contribution in [0.1, 0.15) is 117 Å². The number of carboxylic acid groups (broad SMARTS) is 2. The topological polar surface area (TPSA) is 199 Å². The van der Waals surface area contributed by atoms with Crippen LogP contribution in [-0.2, 0) is 50.0 Å². The van der Waals surface area contributed by atoms with Crippen molar-refractivity contribution >= 4 is 57.9 Å². The molecule has 2 amide bonds. The summed E-state index contributed by atoms with van der Waals surface area (Å²) in [4.78, 5) is 63.5. The highest BCUT2D eigenvalue weighted by Gasteiger charge is 2.50. The maximum absolute atomic E-state index is 12.3. The van der Waals surface area contributed by atoms with E-state index in [4.69, 9.17) is 26.7 Å². The number of nitrogens with zero attached hydrogens (tertiary/aromatic N) is 2. The highest BCUT2D eigenvalue weighted by Crippen LogP contribution is 2.47. The number of hydrogen-bond acceptors (Lipinski definition) is 9. The van der Waals surface area contributed by atoms with Crippen molar-refractivity contribution in [2.75, 3.05) is 0 Å². The van der Waals surface area contributed by atoms with Gasteiger partial charge in [0.15, 0.2) is 0 Å². The second-order valence-corrected chi connectivity index (χ2v) is 21.4. The van der Waals surface area contributed by atoms with Gasteiger partial charge in [0.25, 0.3) is 5.91 Å². The second-order valence-electron chi connectivity index (χ2n) is 21.1. The van der Waals surface area contributed by atoms with Crippen molar-refractivity contribution < 1.29 is 48.9 Å². The lowest BCUT2D eigenvalue weighted by Gasteiger charge is -2.30. The lowest BCUT2D eigenvalue weighted by molar-refractivity contribution is -0.142. The summed E-state index contributed by atoms with van der Waals surface area (Å²) in [5.74, 6) is 0.631. The summed E-state index contributed by atoms with van der Waals surface area (Å²) in [6.07, 6.45) is 18.3. The van der Waals surface area contributed by atoms with Crippen LogP contribution in [0.2, 0.25) is 0 Å². The number of nitrogens with one attached hydrogen (secondary N) is 2. The van der Waals surface area contributed by atoms with Crippen LogP contribution in [0.25, 0.3) is 17.0 Å². The van der Waals surface area contributed by atoms with E-state index in [2.05, 4.69) is 57.9 Å². The number of rotatable bonds is 12. The fraction of sp³-hybridized carbons (Fsp3) is 0.450. The number of H-pyrrole nitrogens is 1.